The molecule has 0 bridgehead atoms. The molecular formula is C13H20N3Y-. The molecule has 91 valence electrons. The van der Waals surface area contributed by atoms with Crippen LogP contribution in [0.1, 0.15) is 37.4 Å². The summed E-state index contributed by atoms with van der Waals surface area (Å²) in [6.45, 7) is 7.77. The van der Waals surface area contributed by atoms with Crippen LogP contribution in [0.25, 0.3) is 0 Å². The summed E-state index contributed by atoms with van der Waals surface area (Å²) < 4.78 is 0. The third kappa shape index (κ3) is 4.38. The zero-order valence-corrected chi connectivity index (χ0v) is 13.7. The number of likely N-dealkylation sites (tertiary alicyclic amines) is 1. The first-order chi connectivity index (χ1) is 7.79. The predicted octanol–water partition coefficient (Wildman–Crippen LogP) is 2.20. The van der Waals surface area contributed by atoms with Crippen LogP contribution in [-0.4, -0.2) is 28.0 Å². The van der Waals surface area contributed by atoms with Gasteiger partial charge >= 0.3 is 0 Å². The molecule has 0 unspecified atom stereocenters. The molecule has 17 heavy (non-hydrogen) atoms. The zero-order chi connectivity index (χ0) is 11.4. The summed E-state index contributed by atoms with van der Waals surface area (Å²) in [5.41, 5.74) is 2.31. The van der Waals surface area contributed by atoms with E-state index < -0.39 is 0 Å². The molecule has 2 heterocycles. The molecule has 1 radical (unpaired) electrons. The maximum absolute atomic E-state index is 4.11. The summed E-state index contributed by atoms with van der Waals surface area (Å²) in [7, 11) is 0. The molecule has 0 spiro atoms. The van der Waals surface area contributed by atoms with Crippen molar-refractivity contribution in [2.24, 2.45) is 5.92 Å². The van der Waals surface area contributed by atoms with Crippen molar-refractivity contribution < 1.29 is 32.7 Å². The van der Waals surface area contributed by atoms with Crippen LogP contribution >= 0.6 is 0 Å². The average molecular weight is 307 g/mol. The molecule has 4 heteroatoms. The molecule has 0 aliphatic carbocycles. The van der Waals surface area contributed by atoms with Crippen molar-refractivity contribution in [3.8, 4) is 0 Å². The van der Waals surface area contributed by atoms with E-state index in [1.807, 2.05) is 13.1 Å². The number of rotatable bonds is 3. The molecule has 0 amide bonds. The van der Waals surface area contributed by atoms with Crippen molar-refractivity contribution in [2.45, 2.75) is 39.7 Å². The molecule has 3 nitrogen and oxygen atoms in total. The van der Waals surface area contributed by atoms with Crippen LogP contribution < -0.4 is 0 Å². The average Bonchev–Trinajstić information content (AvgIpc) is 2.33. The van der Waals surface area contributed by atoms with Gasteiger partial charge in [0.15, 0.2) is 0 Å². The fourth-order valence-corrected chi connectivity index (χ4v) is 2.32. The quantitative estimate of drug-likeness (QED) is 0.802. The van der Waals surface area contributed by atoms with E-state index in [9.17, 15) is 0 Å². The second-order valence-electron chi connectivity index (χ2n) is 4.71. The third-order valence-corrected chi connectivity index (χ3v) is 3.64. The first-order valence-electron chi connectivity index (χ1n) is 6.20. The smallest absolute Gasteiger partial charge is 0.0216 e. The van der Waals surface area contributed by atoms with Gasteiger partial charge in [-0.15, -0.1) is 5.56 Å². The van der Waals surface area contributed by atoms with Gasteiger partial charge in [0.2, 0.25) is 0 Å². The molecule has 1 fully saturated rings. The van der Waals surface area contributed by atoms with Gasteiger partial charge in [0.1, 0.15) is 0 Å². The second-order valence-corrected chi connectivity index (χ2v) is 4.71. The first-order valence-corrected chi connectivity index (χ1v) is 6.20. The molecule has 1 saturated heterocycles. The van der Waals surface area contributed by atoms with E-state index in [2.05, 4.69) is 28.1 Å². The molecule has 1 aromatic rings. The van der Waals surface area contributed by atoms with Crippen LogP contribution in [0.15, 0.2) is 6.20 Å². The van der Waals surface area contributed by atoms with Gasteiger partial charge < -0.3 is 14.9 Å². The van der Waals surface area contributed by atoms with Crippen LogP contribution in [0.2, 0.25) is 0 Å². The Morgan fingerprint density at radius 2 is 2.12 bits per heavy atom. The molecule has 0 atom stereocenters. The topological polar surface area (TPSA) is 29.0 Å². The van der Waals surface area contributed by atoms with E-state index in [-0.39, 0.29) is 32.7 Å². The van der Waals surface area contributed by atoms with E-state index in [4.69, 9.17) is 0 Å². The van der Waals surface area contributed by atoms with Crippen molar-refractivity contribution in [2.75, 3.05) is 13.1 Å². The van der Waals surface area contributed by atoms with Gasteiger partial charge in [-0.05, 0) is 31.8 Å². The summed E-state index contributed by atoms with van der Waals surface area (Å²) in [6, 6.07) is 0. The maximum Gasteiger partial charge on any atom is 0.0216 e. The SMILES string of the molecule is CCC1CCN(Cc2cn[c-]nc2C)CC1.[Y]. The Kier molecular flexibility index (Phi) is 6.75. The maximum atomic E-state index is 4.11. The minimum absolute atomic E-state index is 0. The second kappa shape index (κ2) is 7.55. The molecule has 0 N–H and O–H groups in total. The Morgan fingerprint density at radius 3 is 2.71 bits per heavy atom. The summed E-state index contributed by atoms with van der Waals surface area (Å²) in [6.07, 6.45) is 8.55. The minimum Gasteiger partial charge on any atom is -0.374 e. The van der Waals surface area contributed by atoms with E-state index in [1.165, 1.54) is 37.9 Å². The summed E-state index contributed by atoms with van der Waals surface area (Å²) in [4.78, 5) is 10.6. The number of hydrogen-bond acceptors (Lipinski definition) is 3. The molecular weight excluding hydrogens is 287 g/mol. The van der Waals surface area contributed by atoms with Crippen molar-refractivity contribution in [1.29, 1.82) is 0 Å². The predicted molar refractivity (Wildman–Crippen MR) is 63.9 cm³/mol. The molecule has 0 saturated carbocycles. The van der Waals surface area contributed by atoms with Gasteiger partial charge in [0.25, 0.3) is 0 Å². The van der Waals surface area contributed by atoms with Gasteiger partial charge in [0, 0.05) is 45.6 Å². The number of aromatic nitrogens is 2. The van der Waals surface area contributed by atoms with Crippen LogP contribution in [0, 0.1) is 19.2 Å². The monoisotopic (exact) mass is 307 g/mol. The Bertz CT molecular complexity index is 335. The Balaban J connectivity index is 0.00000144. The fraction of sp³-hybridized carbons (Fsp3) is 0.692. The number of nitrogens with zero attached hydrogens (tertiary/aromatic N) is 3. The van der Waals surface area contributed by atoms with Crippen molar-refractivity contribution in [1.82, 2.24) is 14.9 Å². The fourth-order valence-electron chi connectivity index (χ4n) is 2.32. The van der Waals surface area contributed by atoms with Crippen LogP contribution in [0.4, 0.5) is 0 Å². The number of hydrogen-bond donors (Lipinski definition) is 0. The van der Waals surface area contributed by atoms with Crippen LogP contribution in [0.5, 0.6) is 0 Å². The summed E-state index contributed by atoms with van der Waals surface area (Å²) in [5.74, 6) is 0.942. The number of piperidine rings is 1. The minimum atomic E-state index is 0. The molecule has 1 aliphatic rings. The van der Waals surface area contributed by atoms with Crippen molar-refractivity contribution >= 4 is 0 Å². The van der Waals surface area contributed by atoms with Gasteiger partial charge in [-0.3, -0.25) is 0 Å². The van der Waals surface area contributed by atoms with E-state index in [0.717, 1.165) is 18.2 Å². The standard InChI is InChI=1S/C13H20N3.Y/c1-3-12-4-6-16(7-5-12)9-13-8-14-10-15-11(13)2;/h8,12H,3-7,9H2,1-2H3;/q-1;. The van der Waals surface area contributed by atoms with Gasteiger partial charge in [-0.1, -0.05) is 32.2 Å². The van der Waals surface area contributed by atoms with Gasteiger partial charge in [-0.2, -0.15) is 0 Å². The molecule has 2 rings (SSSR count). The normalized spacial score (nSPS) is 17.8. The van der Waals surface area contributed by atoms with Gasteiger partial charge in [-0.25, -0.2) is 0 Å². The molecule has 1 aliphatic heterocycles. The Morgan fingerprint density at radius 1 is 1.41 bits per heavy atom. The Hall–Kier alpha value is 0.144. The van der Waals surface area contributed by atoms with Crippen LogP contribution in [-0.2, 0) is 39.3 Å². The third-order valence-electron chi connectivity index (χ3n) is 3.64. The van der Waals surface area contributed by atoms with E-state index in [1.54, 1.807) is 0 Å². The Labute approximate surface area is 129 Å². The van der Waals surface area contributed by atoms with E-state index >= 15 is 0 Å². The van der Waals surface area contributed by atoms with E-state index in [0.29, 0.717) is 0 Å². The van der Waals surface area contributed by atoms with Crippen LogP contribution in [0.3, 0.4) is 0 Å². The first kappa shape index (κ1) is 15.2. The van der Waals surface area contributed by atoms with Crippen molar-refractivity contribution in [3.05, 3.63) is 23.8 Å². The number of aryl methyl sites for hydroxylation is 1. The summed E-state index contributed by atoms with van der Waals surface area (Å²) >= 11 is 0. The van der Waals surface area contributed by atoms with Gasteiger partial charge in [0.05, 0.1) is 0 Å². The largest absolute Gasteiger partial charge is 0.374 e. The molecule has 0 aromatic carbocycles. The summed E-state index contributed by atoms with van der Waals surface area (Å²) in [5, 5.41) is 0. The zero-order valence-electron chi connectivity index (χ0n) is 10.8. The molecule has 1 aromatic heterocycles. The van der Waals surface area contributed by atoms with Crippen molar-refractivity contribution in [3.63, 3.8) is 0 Å².